The SMILES string of the molecule is CC(C)C1CCCN(c2cccnc2C(=N)N)CC1. The van der Waals surface area contributed by atoms with Crippen LogP contribution in [-0.4, -0.2) is 23.9 Å². The summed E-state index contributed by atoms with van der Waals surface area (Å²) in [6.07, 6.45) is 5.41. The summed E-state index contributed by atoms with van der Waals surface area (Å²) in [6.45, 7) is 6.70. The van der Waals surface area contributed by atoms with Crippen LogP contribution in [0.15, 0.2) is 18.3 Å². The van der Waals surface area contributed by atoms with Crippen molar-refractivity contribution in [1.29, 1.82) is 5.41 Å². The second-order valence-electron chi connectivity index (χ2n) is 5.71. The second kappa shape index (κ2) is 6.04. The number of aromatic nitrogens is 1. The molecule has 4 nitrogen and oxygen atoms in total. The Morgan fingerprint density at radius 2 is 2.21 bits per heavy atom. The molecule has 2 rings (SSSR count). The Labute approximate surface area is 115 Å². The van der Waals surface area contributed by atoms with Gasteiger partial charge in [-0.25, -0.2) is 0 Å². The number of nitrogens with two attached hydrogens (primary N) is 1. The van der Waals surface area contributed by atoms with E-state index in [4.69, 9.17) is 11.1 Å². The van der Waals surface area contributed by atoms with Crippen molar-refractivity contribution in [3.8, 4) is 0 Å². The minimum absolute atomic E-state index is 0.0558. The fraction of sp³-hybridized carbons (Fsp3) is 0.600. The molecule has 1 fully saturated rings. The van der Waals surface area contributed by atoms with Crippen molar-refractivity contribution < 1.29 is 0 Å². The van der Waals surface area contributed by atoms with E-state index in [1.54, 1.807) is 6.20 Å². The lowest BCUT2D eigenvalue weighted by molar-refractivity contribution is 0.351. The standard InChI is InChI=1S/C15H24N4/c1-11(2)12-5-4-9-19(10-7-12)13-6-3-8-18-14(13)15(16)17/h3,6,8,11-12H,4-5,7,9-10H2,1-2H3,(H3,16,17). The van der Waals surface area contributed by atoms with Crippen LogP contribution in [0.4, 0.5) is 5.69 Å². The van der Waals surface area contributed by atoms with Crippen LogP contribution < -0.4 is 10.6 Å². The van der Waals surface area contributed by atoms with E-state index in [-0.39, 0.29) is 5.84 Å². The molecule has 1 aromatic heterocycles. The van der Waals surface area contributed by atoms with Gasteiger partial charge in [0.1, 0.15) is 11.5 Å². The summed E-state index contributed by atoms with van der Waals surface area (Å²) in [5, 5.41) is 7.65. The topological polar surface area (TPSA) is 66.0 Å². The van der Waals surface area contributed by atoms with E-state index in [2.05, 4.69) is 23.7 Å². The highest BCUT2D eigenvalue weighted by molar-refractivity contribution is 5.98. The van der Waals surface area contributed by atoms with Gasteiger partial charge in [-0.3, -0.25) is 10.4 Å². The molecule has 19 heavy (non-hydrogen) atoms. The van der Waals surface area contributed by atoms with E-state index in [1.807, 2.05) is 12.1 Å². The van der Waals surface area contributed by atoms with Crippen molar-refractivity contribution in [2.45, 2.75) is 33.1 Å². The third-order valence-electron chi connectivity index (χ3n) is 4.10. The smallest absolute Gasteiger partial charge is 0.143 e. The molecule has 1 aromatic rings. The number of rotatable bonds is 3. The van der Waals surface area contributed by atoms with E-state index in [0.717, 1.165) is 30.6 Å². The van der Waals surface area contributed by atoms with Crippen molar-refractivity contribution in [2.75, 3.05) is 18.0 Å². The molecule has 1 atom stereocenters. The van der Waals surface area contributed by atoms with Crippen LogP contribution in [0.25, 0.3) is 0 Å². The number of nitrogen functional groups attached to an aromatic ring is 1. The molecule has 0 radical (unpaired) electrons. The van der Waals surface area contributed by atoms with E-state index in [1.165, 1.54) is 19.3 Å². The second-order valence-corrected chi connectivity index (χ2v) is 5.71. The third kappa shape index (κ3) is 3.25. The largest absolute Gasteiger partial charge is 0.382 e. The van der Waals surface area contributed by atoms with Gasteiger partial charge >= 0.3 is 0 Å². The number of nitrogens with one attached hydrogen (secondary N) is 1. The summed E-state index contributed by atoms with van der Waals surface area (Å²) in [6, 6.07) is 3.95. The zero-order valence-electron chi connectivity index (χ0n) is 11.9. The van der Waals surface area contributed by atoms with Gasteiger partial charge in [-0.1, -0.05) is 13.8 Å². The molecule has 1 aliphatic rings. The van der Waals surface area contributed by atoms with Crippen molar-refractivity contribution in [1.82, 2.24) is 4.98 Å². The zero-order chi connectivity index (χ0) is 13.8. The van der Waals surface area contributed by atoms with Crippen LogP contribution in [0.3, 0.4) is 0 Å². The Morgan fingerprint density at radius 1 is 1.42 bits per heavy atom. The molecule has 2 heterocycles. The van der Waals surface area contributed by atoms with Gasteiger partial charge < -0.3 is 10.6 Å². The number of anilines is 1. The van der Waals surface area contributed by atoms with E-state index in [9.17, 15) is 0 Å². The quantitative estimate of drug-likeness (QED) is 0.648. The molecule has 1 aliphatic heterocycles. The number of amidine groups is 1. The van der Waals surface area contributed by atoms with Gasteiger partial charge in [-0.05, 0) is 43.2 Å². The molecule has 3 N–H and O–H groups in total. The molecule has 1 saturated heterocycles. The molecule has 0 saturated carbocycles. The molecule has 0 spiro atoms. The molecule has 104 valence electrons. The van der Waals surface area contributed by atoms with Crippen molar-refractivity contribution in [2.24, 2.45) is 17.6 Å². The number of hydrogen-bond acceptors (Lipinski definition) is 3. The summed E-state index contributed by atoms with van der Waals surface area (Å²) in [7, 11) is 0. The summed E-state index contributed by atoms with van der Waals surface area (Å²) in [5.41, 5.74) is 7.26. The first kappa shape index (κ1) is 13.8. The van der Waals surface area contributed by atoms with Gasteiger partial charge in [0.15, 0.2) is 0 Å². The van der Waals surface area contributed by atoms with Gasteiger partial charge in [-0.15, -0.1) is 0 Å². The highest BCUT2D eigenvalue weighted by Crippen LogP contribution is 2.28. The number of pyridine rings is 1. The van der Waals surface area contributed by atoms with Gasteiger partial charge in [0, 0.05) is 19.3 Å². The van der Waals surface area contributed by atoms with Gasteiger partial charge in [0.2, 0.25) is 0 Å². The Morgan fingerprint density at radius 3 is 2.89 bits per heavy atom. The third-order valence-corrected chi connectivity index (χ3v) is 4.10. The van der Waals surface area contributed by atoms with Crippen LogP contribution >= 0.6 is 0 Å². The summed E-state index contributed by atoms with van der Waals surface area (Å²) in [4.78, 5) is 6.59. The Balaban J connectivity index is 2.16. The first-order valence-electron chi connectivity index (χ1n) is 7.14. The Bertz CT molecular complexity index is 442. The number of hydrogen-bond donors (Lipinski definition) is 2. The van der Waals surface area contributed by atoms with E-state index < -0.39 is 0 Å². The highest BCUT2D eigenvalue weighted by atomic mass is 15.1. The van der Waals surface area contributed by atoms with E-state index in [0.29, 0.717) is 5.69 Å². The molecule has 0 aliphatic carbocycles. The lowest BCUT2D eigenvalue weighted by atomic mass is 9.89. The van der Waals surface area contributed by atoms with Gasteiger partial charge in [-0.2, -0.15) is 0 Å². The molecule has 0 aromatic carbocycles. The monoisotopic (exact) mass is 260 g/mol. The summed E-state index contributed by atoms with van der Waals surface area (Å²) < 4.78 is 0. The maximum absolute atomic E-state index is 7.65. The fourth-order valence-electron chi connectivity index (χ4n) is 2.89. The molecule has 0 bridgehead atoms. The molecular formula is C15H24N4. The number of nitrogens with zero attached hydrogens (tertiary/aromatic N) is 2. The predicted molar refractivity (Wildman–Crippen MR) is 79.6 cm³/mol. The normalized spacial score (nSPS) is 20.4. The van der Waals surface area contributed by atoms with Crippen molar-refractivity contribution in [3.05, 3.63) is 24.0 Å². The van der Waals surface area contributed by atoms with Crippen LogP contribution in [0.5, 0.6) is 0 Å². The van der Waals surface area contributed by atoms with E-state index >= 15 is 0 Å². The van der Waals surface area contributed by atoms with Gasteiger partial charge in [0.25, 0.3) is 0 Å². The first-order valence-corrected chi connectivity index (χ1v) is 7.14. The lowest BCUT2D eigenvalue weighted by Gasteiger charge is -2.25. The zero-order valence-corrected chi connectivity index (χ0v) is 11.9. The lowest BCUT2D eigenvalue weighted by Crippen LogP contribution is -2.28. The molecular weight excluding hydrogens is 236 g/mol. The van der Waals surface area contributed by atoms with Crippen molar-refractivity contribution >= 4 is 11.5 Å². The maximum Gasteiger partial charge on any atom is 0.143 e. The average molecular weight is 260 g/mol. The van der Waals surface area contributed by atoms with Crippen LogP contribution in [0, 0.1) is 17.2 Å². The molecule has 0 amide bonds. The predicted octanol–water partition coefficient (Wildman–Crippen LogP) is 2.63. The summed E-state index contributed by atoms with van der Waals surface area (Å²) >= 11 is 0. The Hall–Kier alpha value is -1.58. The average Bonchev–Trinajstić information content (AvgIpc) is 2.64. The van der Waals surface area contributed by atoms with Crippen LogP contribution in [-0.2, 0) is 0 Å². The van der Waals surface area contributed by atoms with Crippen molar-refractivity contribution in [3.63, 3.8) is 0 Å². The van der Waals surface area contributed by atoms with Crippen LogP contribution in [0.2, 0.25) is 0 Å². The molecule has 1 unspecified atom stereocenters. The minimum atomic E-state index is 0.0558. The minimum Gasteiger partial charge on any atom is -0.382 e. The fourth-order valence-corrected chi connectivity index (χ4v) is 2.89. The maximum atomic E-state index is 7.65. The Kier molecular flexibility index (Phi) is 4.40. The van der Waals surface area contributed by atoms with Crippen LogP contribution in [0.1, 0.15) is 38.8 Å². The van der Waals surface area contributed by atoms with Gasteiger partial charge in [0.05, 0.1) is 5.69 Å². The highest BCUT2D eigenvalue weighted by Gasteiger charge is 2.21. The first-order chi connectivity index (χ1) is 9.09. The molecule has 4 heteroatoms. The summed E-state index contributed by atoms with van der Waals surface area (Å²) in [5.74, 6) is 1.61.